The van der Waals surface area contributed by atoms with Crippen molar-refractivity contribution in [1.29, 1.82) is 0 Å². The first-order chi connectivity index (χ1) is 14.9. The van der Waals surface area contributed by atoms with Crippen molar-refractivity contribution in [1.82, 2.24) is 9.97 Å². The second kappa shape index (κ2) is 10.1. The topological polar surface area (TPSA) is 78.4 Å². The Morgan fingerprint density at radius 1 is 1.06 bits per heavy atom. The number of carbonyl (C=O) groups excluding carboxylic acids is 2. The van der Waals surface area contributed by atoms with Crippen molar-refractivity contribution in [3.8, 4) is 22.9 Å². The fourth-order valence-electron chi connectivity index (χ4n) is 2.69. The largest absolute Gasteiger partial charge is 0.466 e. The van der Waals surface area contributed by atoms with E-state index in [4.69, 9.17) is 21.1 Å². The SMILES string of the molecule is CCOC(=O)CC(=O)Cc1ccc(F)c(-c2ccc(Oc3ncc(Cl)cc3F)cc2)n1. The summed E-state index contributed by atoms with van der Waals surface area (Å²) in [7, 11) is 0. The smallest absolute Gasteiger partial charge is 0.313 e. The summed E-state index contributed by atoms with van der Waals surface area (Å²) in [4.78, 5) is 31.4. The number of benzene rings is 1. The minimum absolute atomic E-state index is 0.0313. The zero-order chi connectivity index (χ0) is 22.4. The number of nitrogens with zero attached hydrogens (tertiary/aromatic N) is 2. The van der Waals surface area contributed by atoms with E-state index in [9.17, 15) is 18.4 Å². The molecule has 0 aliphatic carbocycles. The highest BCUT2D eigenvalue weighted by molar-refractivity contribution is 6.30. The Labute approximate surface area is 181 Å². The Morgan fingerprint density at radius 2 is 1.81 bits per heavy atom. The van der Waals surface area contributed by atoms with E-state index in [-0.39, 0.29) is 47.6 Å². The van der Waals surface area contributed by atoms with Crippen LogP contribution in [0, 0.1) is 11.6 Å². The number of carbonyl (C=O) groups is 2. The van der Waals surface area contributed by atoms with Gasteiger partial charge in [0.05, 0.1) is 11.6 Å². The number of ether oxygens (including phenoxy) is 2. The average Bonchev–Trinajstić information content (AvgIpc) is 2.72. The Hall–Kier alpha value is -3.39. The number of rotatable bonds is 8. The molecule has 0 radical (unpaired) electrons. The quantitative estimate of drug-likeness (QED) is 0.360. The molecule has 0 amide bonds. The van der Waals surface area contributed by atoms with Crippen molar-refractivity contribution in [2.45, 2.75) is 19.8 Å². The van der Waals surface area contributed by atoms with Gasteiger partial charge in [0.25, 0.3) is 5.88 Å². The highest BCUT2D eigenvalue weighted by atomic mass is 35.5. The number of pyridine rings is 2. The molecule has 2 aromatic heterocycles. The first-order valence-electron chi connectivity index (χ1n) is 9.27. The molecule has 0 spiro atoms. The van der Waals surface area contributed by atoms with Crippen LogP contribution in [0.5, 0.6) is 11.6 Å². The molecule has 3 rings (SSSR count). The molecule has 0 aliphatic heterocycles. The lowest BCUT2D eigenvalue weighted by Crippen LogP contribution is -2.13. The summed E-state index contributed by atoms with van der Waals surface area (Å²) >= 11 is 5.66. The van der Waals surface area contributed by atoms with Crippen LogP contribution in [0.15, 0.2) is 48.7 Å². The molecule has 0 fully saturated rings. The Kier molecular flexibility index (Phi) is 7.25. The number of esters is 1. The van der Waals surface area contributed by atoms with Gasteiger partial charge in [-0.25, -0.2) is 18.7 Å². The molecular weight excluding hydrogens is 430 g/mol. The zero-order valence-electron chi connectivity index (χ0n) is 16.4. The minimum Gasteiger partial charge on any atom is -0.466 e. The van der Waals surface area contributed by atoms with Crippen LogP contribution in [-0.4, -0.2) is 28.3 Å². The number of hydrogen-bond donors (Lipinski definition) is 0. The molecule has 3 aromatic rings. The predicted octanol–water partition coefficient (Wildman–Crippen LogP) is 4.93. The molecule has 0 saturated heterocycles. The van der Waals surface area contributed by atoms with E-state index >= 15 is 0 Å². The van der Waals surface area contributed by atoms with Crippen LogP contribution in [0.4, 0.5) is 8.78 Å². The fraction of sp³-hybridized carbons (Fsp3) is 0.182. The number of ketones is 1. The Bertz CT molecular complexity index is 1110. The zero-order valence-corrected chi connectivity index (χ0v) is 17.2. The summed E-state index contributed by atoms with van der Waals surface area (Å²) in [6.07, 6.45) is 0.751. The lowest BCUT2D eigenvalue weighted by molar-refractivity contribution is -0.145. The van der Waals surface area contributed by atoms with Crippen LogP contribution < -0.4 is 4.74 Å². The van der Waals surface area contributed by atoms with Crippen molar-refractivity contribution in [2.24, 2.45) is 0 Å². The highest BCUT2D eigenvalue weighted by Gasteiger charge is 2.15. The van der Waals surface area contributed by atoms with E-state index in [0.29, 0.717) is 11.3 Å². The maximum absolute atomic E-state index is 14.3. The van der Waals surface area contributed by atoms with Gasteiger partial charge in [-0.1, -0.05) is 11.6 Å². The van der Waals surface area contributed by atoms with Crippen LogP contribution in [0.2, 0.25) is 5.02 Å². The number of Topliss-reactive ketones (excluding diaryl/α,β-unsaturated/α-hetero) is 1. The van der Waals surface area contributed by atoms with Crippen molar-refractivity contribution >= 4 is 23.4 Å². The lowest BCUT2D eigenvalue weighted by atomic mass is 10.1. The summed E-state index contributed by atoms with van der Waals surface area (Å²) in [5, 5.41) is 0.141. The first-order valence-corrected chi connectivity index (χ1v) is 9.65. The van der Waals surface area contributed by atoms with E-state index in [1.165, 1.54) is 30.5 Å². The van der Waals surface area contributed by atoms with E-state index in [1.54, 1.807) is 19.1 Å². The molecule has 0 atom stereocenters. The van der Waals surface area contributed by atoms with Gasteiger partial charge in [-0.2, -0.15) is 0 Å². The monoisotopic (exact) mass is 446 g/mol. The maximum atomic E-state index is 14.3. The van der Waals surface area contributed by atoms with E-state index < -0.39 is 17.6 Å². The Morgan fingerprint density at radius 3 is 2.48 bits per heavy atom. The molecule has 9 heteroatoms. The fourth-order valence-corrected chi connectivity index (χ4v) is 2.84. The van der Waals surface area contributed by atoms with Crippen molar-refractivity contribution in [3.63, 3.8) is 0 Å². The molecule has 31 heavy (non-hydrogen) atoms. The molecule has 0 aliphatic rings. The van der Waals surface area contributed by atoms with Gasteiger partial charge >= 0.3 is 5.97 Å². The summed E-state index contributed by atoms with van der Waals surface area (Å²) in [6, 6.07) is 9.75. The average molecular weight is 447 g/mol. The second-order valence-electron chi connectivity index (χ2n) is 6.40. The summed E-state index contributed by atoms with van der Waals surface area (Å²) < 4.78 is 38.2. The van der Waals surface area contributed by atoms with Crippen LogP contribution in [-0.2, 0) is 20.7 Å². The molecule has 160 valence electrons. The van der Waals surface area contributed by atoms with Crippen LogP contribution in [0.3, 0.4) is 0 Å². The summed E-state index contributed by atoms with van der Waals surface area (Å²) in [6.45, 7) is 1.83. The standard InChI is InChI=1S/C22H17ClF2N2O4/c1-2-30-20(29)11-16(28)10-15-5-8-18(24)21(27-15)13-3-6-17(7-4-13)31-22-19(25)9-14(23)12-26-22/h3-9,12H,2,10-11H2,1H3. The van der Waals surface area contributed by atoms with E-state index in [1.807, 2.05) is 0 Å². The van der Waals surface area contributed by atoms with Gasteiger partial charge in [-0.15, -0.1) is 0 Å². The first kappa shape index (κ1) is 22.3. The van der Waals surface area contributed by atoms with E-state index in [2.05, 4.69) is 9.97 Å². The second-order valence-corrected chi connectivity index (χ2v) is 6.83. The Balaban J connectivity index is 1.74. The van der Waals surface area contributed by atoms with E-state index in [0.717, 1.165) is 6.07 Å². The highest BCUT2D eigenvalue weighted by Crippen LogP contribution is 2.27. The van der Waals surface area contributed by atoms with Crippen molar-refractivity contribution in [3.05, 3.63) is 71.0 Å². The van der Waals surface area contributed by atoms with Crippen molar-refractivity contribution < 1.29 is 27.8 Å². The third kappa shape index (κ3) is 6.05. The summed E-state index contributed by atoms with van der Waals surface area (Å²) in [5.74, 6) is -2.27. The normalized spacial score (nSPS) is 10.6. The van der Waals surface area contributed by atoms with Gasteiger partial charge in [0, 0.05) is 23.9 Å². The molecule has 0 bridgehead atoms. The third-order valence-corrected chi connectivity index (χ3v) is 4.25. The molecular formula is C22H17ClF2N2O4. The molecule has 1 aromatic carbocycles. The predicted molar refractivity (Wildman–Crippen MR) is 109 cm³/mol. The van der Waals surface area contributed by atoms with Gasteiger partial charge in [-0.3, -0.25) is 9.59 Å². The van der Waals surface area contributed by atoms with Gasteiger partial charge in [-0.05, 0) is 49.4 Å². The van der Waals surface area contributed by atoms with Crippen molar-refractivity contribution in [2.75, 3.05) is 6.61 Å². The van der Waals surface area contributed by atoms with Crippen LogP contribution >= 0.6 is 11.6 Å². The number of halogens is 3. The lowest BCUT2D eigenvalue weighted by Gasteiger charge is -2.09. The summed E-state index contributed by atoms with van der Waals surface area (Å²) in [5.41, 5.74) is 0.774. The number of aromatic nitrogens is 2. The van der Waals surface area contributed by atoms with Gasteiger partial charge < -0.3 is 9.47 Å². The molecule has 2 heterocycles. The van der Waals surface area contributed by atoms with Crippen LogP contribution in [0.1, 0.15) is 19.0 Å². The van der Waals surface area contributed by atoms with Gasteiger partial charge in [0.15, 0.2) is 5.82 Å². The van der Waals surface area contributed by atoms with Gasteiger partial charge in [0.1, 0.15) is 29.5 Å². The van der Waals surface area contributed by atoms with Crippen LogP contribution in [0.25, 0.3) is 11.3 Å². The minimum atomic E-state index is -0.718. The van der Waals surface area contributed by atoms with Gasteiger partial charge in [0.2, 0.25) is 0 Å². The third-order valence-electron chi connectivity index (χ3n) is 4.05. The molecule has 0 saturated carbocycles. The number of hydrogen-bond acceptors (Lipinski definition) is 6. The molecule has 6 nitrogen and oxygen atoms in total. The molecule has 0 unspecified atom stereocenters. The maximum Gasteiger partial charge on any atom is 0.313 e. The molecule has 0 N–H and O–H groups in total.